The van der Waals surface area contributed by atoms with Gasteiger partial charge in [0.25, 0.3) is 0 Å². The lowest BCUT2D eigenvalue weighted by molar-refractivity contribution is -0.141. The summed E-state index contributed by atoms with van der Waals surface area (Å²) >= 11 is 6.12. The molecular weight excluding hydrogens is 475 g/mol. The van der Waals surface area contributed by atoms with Gasteiger partial charge in [0.15, 0.2) is 5.78 Å². The fourth-order valence-electron chi connectivity index (χ4n) is 3.21. The second-order valence-corrected chi connectivity index (χ2v) is 7.55. The zero-order valence-electron chi connectivity index (χ0n) is 16.6. The Morgan fingerprint density at radius 1 is 0.909 bits per heavy atom. The summed E-state index contributed by atoms with van der Waals surface area (Å²) in [5, 5.41) is -0.0389. The number of hydrogen-bond acceptors (Lipinski definition) is 2. The van der Waals surface area contributed by atoms with Crippen LogP contribution in [0.3, 0.4) is 0 Å². The van der Waals surface area contributed by atoms with Crippen molar-refractivity contribution < 1.29 is 35.5 Å². The first-order valence-electron chi connectivity index (χ1n) is 9.54. The number of pyridine rings is 1. The minimum atomic E-state index is -4.71. The molecule has 0 bridgehead atoms. The molecule has 2 aromatic carbocycles. The molecule has 174 valence electrons. The molecule has 0 aliphatic carbocycles. The molecule has 0 saturated carbocycles. The molecule has 0 aliphatic rings. The van der Waals surface area contributed by atoms with Crippen LogP contribution in [-0.4, -0.2) is 10.8 Å². The molecule has 33 heavy (non-hydrogen) atoms. The number of Topliss-reactive ketones (excluding diaryl/α,β-unsaturated/α-hetero) is 1. The fourth-order valence-corrected chi connectivity index (χ4v) is 3.51. The van der Waals surface area contributed by atoms with Crippen LogP contribution in [0.5, 0.6) is 0 Å². The quantitative estimate of drug-likeness (QED) is 0.258. The normalized spacial score (nSPS) is 13.1. The number of aromatic nitrogens is 1. The number of carbonyl (C=O) groups is 1. The topological polar surface area (TPSA) is 30.0 Å². The number of hydrogen-bond donors (Lipinski definition) is 0. The Morgan fingerprint density at radius 2 is 1.58 bits per heavy atom. The molecule has 0 spiro atoms. The first kappa shape index (κ1) is 24.7. The van der Waals surface area contributed by atoms with Crippen molar-refractivity contribution in [1.82, 2.24) is 4.98 Å². The minimum Gasteiger partial charge on any atom is -0.294 e. The molecule has 0 N–H and O–H groups in total. The minimum absolute atomic E-state index is 0.0113. The van der Waals surface area contributed by atoms with E-state index in [0.717, 1.165) is 30.5 Å². The molecule has 3 aromatic rings. The third-order valence-electron chi connectivity index (χ3n) is 4.88. The maximum Gasteiger partial charge on any atom is 0.433 e. The highest BCUT2D eigenvalue weighted by atomic mass is 35.5. The third kappa shape index (κ3) is 5.90. The zero-order valence-corrected chi connectivity index (χ0v) is 17.4. The summed E-state index contributed by atoms with van der Waals surface area (Å²) in [6.07, 6.45) is -10.9. The van der Waals surface area contributed by atoms with Crippen molar-refractivity contribution in [2.24, 2.45) is 0 Å². The summed E-state index contributed by atoms with van der Waals surface area (Å²) < 4.78 is 91.9. The standard InChI is InChI=1S/C23H15ClF7NO/c24-18-11-13(14-6-10-21(32-12-14)23(29,30)31)5-7-16(18)19(25)8-9-20(33)15-3-1-2-4-17(15)22(26,27)28/h1-7,10-12,19H,8-9H2. The number of nitrogens with zero attached hydrogens (tertiary/aromatic N) is 1. The predicted octanol–water partition coefficient (Wildman–Crippen LogP) is 8.11. The lowest BCUT2D eigenvalue weighted by atomic mass is 9.96. The van der Waals surface area contributed by atoms with E-state index in [0.29, 0.717) is 11.1 Å². The molecule has 0 radical (unpaired) electrons. The van der Waals surface area contributed by atoms with Crippen molar-refractivity contribution in [2.75, 3.05) is 0 Å². The molecule has 0 saturated heterocycles. The summed E-state index contributed by atoms with van der Waals surface area (Å²) in [5.41, 5.74) is -1.95. The average molecular weight is 490 g/mol. The molecule has 0 amide bonds. The largest absolute Gasteiger partial charge is 0.433 e. The third-order valence-corrected chi connectivity index (χ3v) is 5.21. The van der Waals surface area contributed by atoms with Gasteiger partial charge >= 0.3 is 12.4 Å². The zero-order chi connectivity index (χ0) is 24.4. The summed E-state index contributed by atoms with van der Waals surface area (Å²) in [7, 11) is 0. The Morgan fingerprint density at radius 3 is 2.15 bits per heavy atom. The van der Waals surface area contributed by atoms with E-state index in [1.54, 1.807) is 0 Å². The van der Waals surface area contributed by atoms with Gasteiger partial charge < -0.3 is 0 Å². The molecule has 3 rings (SSSR count). The van der Waals surface area contributed by atoms with Crippen LogP contribution in [0.4, 0.5) is 30.7 Å². The van der Waals surface area contributed by atoms with Gasteiger partial charge in [0.05, 0.1) is 5.56 Å². The Bertz CT molecular complexity index is 1140. The van der Waals surface area contributed by atoms with E-state index in [1.165, 1.54) is 30.3 Å². The van der Waals surface area contributed by atoms with Gasteiger partial charge in [-0.2, -0.15) is 26.3 Å². The molecule has 1 aromatic heterocycles. The molecule has 1 heterocycles. The lowest BCUT2D eigenvalue weighted by Gasteiger charge is -2.14. The molecule has 2 nitrogen and oxygen atoms in total. The summed E-state index contributed by atoms with van der Waals surface area (Å²) in [6, 6.07) is 10.4. The van der Waals surface area contributed by atoms with E-state index in [4.69, 9.17) is 11.6 Å². The van der Waals surface area contributed by atoms with Crippen LogP contribution in [0.1, 0.15) is 46.2 Å². The molecular formula is C23H15ClF7NO. The van der Waals surface area contributed by atoms with Crippen molar-refractivity contribution in [3.05, 3.63) is 88.2 Å². The van der Waals surface area contributed by atoms with Gasteiger partial charge in [0.1, 0.15) is 11.9 Å². The van der Waals surface area contributed by atoms with Crippen molar-refractivity contribution in [3.63, 3.8) is 0 Å². The second kappa shape index (κ2) is 9.51. The highest BCUT2D eigenvalue weighted by molar-refractivity contribution is 6.31. The van der Waals surface area contributed by atoms with Crippen LogP contribution >= 0.6 is 11.6 Å². The first-order chi connectivity index (χ1) is 15.4. The molecule has 1 unspecified atom stereocenters. The number of alkyl halides is 7. The Labute approximate surface area is 189 Å². The second-order valence-electron chi connectivity index (χ2n) is 7.14. The number of benzene rings is 2. The van der Waals surface area contributed by atoms with Crippen molar-refractivity contribution in [1.29, 1.82) is 0 Å². The van der Waals surface area contributed by atoms with Crippen LogP contribution < -0.4 is 0 Å². The van der Waals surface area contributed by atoms with Crippen LogP contribution in [0.25, 0.3) is 11.1 Å². The van der Waals surface area contributed by atoms with Crippen molar-refractivity contribution in [3.8, 4) is 11.1 Å². The monoisotopic (exact) mass is 489 g/mol. The van der Waals surface area contributed by atoms with Gasteiger partial charge in [-0.1, -0.05) is 48.0 Å². The van der Waals surface area contributed by atoms with E-state index >= 15 is 0 Å². The van der Waals surface area contributed by atoms with E-state index in [1.807, 2.05) is 0 Å². The number of halogens is 8. The molecule has 0 fully saturated rings. The van der Waals surface area contributed by atoms with Gasteiger partial charge in [-0.25, -0.2) is 4.39 Å². The van der Waals surface area contributed by atoms with E-state index in [-0.39, 0.29) is 10.6 Å². The van der Waals surface area contributed by atoms with Crippen LogP contribution in [-0.2, 0) is 12.4 Å². The Balaban J connectivity index is 1.72. The van der Waals surface area contributed by atoms with Gasteiger partial charge in [-0.15, -0.1) is 0 Å². The van der Waals surface area contributed by atoms with Gasteiger partial charge in [-0.3, -0.25) is 9.78 Å². The molecule has 0 aliphatic heterocycles. The van der Waals surface area contributed by atoms with Crippen LogP contribution in [0.15, 0.2) is 60.8 Å². The number of ketones is 1. The lowest BCUT2D eigenvalue weighted by Crippen LogP contribution is -2.13. The fraction of sp³-hybridized carbons (Fsp3) is 0.217. The van der Waals surface area contributed by atoms with Gasteiger partial charge in [0, 0.05) is 34.3 Å². The van der Waals surface area contributed by atoms with Crippen molar-refractivity contribution in [2.45, 2.75) is 31.4 Å². The van der Waals surface area contributed by atoms with E-state index < -0.39 is 54.0 Å². The summed E-state index contributed by atoms with van der Waals surface area (Å²) in [5.74, 6) is -0.853. The molecule has 10 heteroatoms. The average Bonchev–Trinajstić information content (AvgIpc) is 2.76. The number of carbonyl (C=O) groups excluding carboxylic acids is 1. The summed E-state index contributed by atoms with van der Waals surface area (Å²) in [6.45, 7) is 0. The predicted molar refractivity (Wildman–Crippen MR) is 109 cm³/mol. The Hall–Kier alpha value is -2.94. The van der Waals surface area contributed by atoms with Gasteiger partial charge in [-0.05, 0) is 30.2 Å². The van der Waals surface area contributed by atoms with Crippen LogP contribution in [0, 0.1) is 0 Å². The summed E-state index contributed by atoms with van der Waals surface area (Å²) in [4.78, 5) is 15.6. The Kier molecular flexibility index (Phi) is 7.11. The highest BCUT2D eigenvalue weighted by Crippen LogP contribution is 2.36. The van der Waals surface area contributed by atoms with Crippen LogP contribution in [0.2, 0.25) is 5.02 Å². The maximum absolute atomic E-state index is 14.7. The van der Waals surface area contributed by atoms with Crippen molar-refractivity contribution >= 4 is 17.4 Å². The van der Waals surface area contributed by atoms with E-state index in [9.17, 15) is 35.5 Å². The molecule has 1 atom stereocenters. The SMILES string of the molecule is O=C(CCC(F)c1ccc(-c2ccc(C(F)(F)F)nc2)cc1Cl)c1ccccc1C(F)(F)F. The van der Waals surface area contributed by atoms with Gasteiger partial charge in [0.2, 0.25) is 0 Å². The maximum atomic E-state index is 14.7. The smallest absolute Gasteiger partial charge is 0.294 e. The number of rotatable bonds is 6. The van der Waals surface area contributed by atoms with E-state index in [2.05, 4.69) is 4.98 Å². The first-order valence-corrected chi connectivity index (χ1v) is 9.92. The highest BCUT2D eigenvalue weighted by Gasteiger charge is 2.35.